The second-order valence-electron chi connectivity index (χ2n) is 7.49. The Bertz CT molecular complexity index is 940. The molecule has 7 heteroatoms. The zero-order valence-corrected chi connectivity index (χ0v) is 17.6. The molecule has 2 unspecified atom stereocenters. The van der Waals surface area contributed by atoms with Gasteiger partial charge in [-0.25, -0.2) is 0 Å². The Labute approximate surface area is 177 Å². The van der Waals surface area contributed by atoms with Crippen LogP contribution >= 0.6 is 12.2 Å². The summed E-state index contributed by atoms with van der Waals surface area (Å²) in [5.41, 5.74) is 3.27. The SMILES string of the molecule is CN(C)CCCN1C(=S)NC(c2ccccn2)C1c1cccn1-c1ccncc1. The number of thiocarbonyl (C=S) groups is 1. The van der Waals surface area contributed by atoms with Crippen molar-refractivity contribution in [2.24, 2.45) is 0 Å². The summed E-state index contributed by atoms with van der Waals surface area (Å²) in [5, 5.41) is 4.32. The third-order valence-corrected chi connectivity index (χ3v) is 5.58. The lowest BCUT2D eigenvalue weighted by atomic mass is 10.0. The van der Waals surface area contributed by atoms with E-state index in [0.29, 0.717) is 0 Å². The van der Waals surface area contributed by atoms with Crippen LogP contribution in [-0.2, 0) is 0 Å². The summed E-state index contributed by atoms with van der Waals surface area (Å²) >= 11 is 5.76. The van der Waals surface area contributed by atoms with Gasteiger partial charge in [-0.15, -0.1) is 0 Å². The smallest absolute Gasteiger partial charge is 0.170 e. The van der Waals surface area contributed by atoms with E-state index in [1.54, 1.807) is 0 Å². The van der Waals surface area contributed by atoms with Gasteiger partial charge in [0.1, 0.15) is 0 Å². The molecule has 1 N–H and O–H groups in total. The minimum Gasteiger partial charge on any atom is -0.352 e. The monoisotopic (exact) mass is 406 g/mol. The van der Waals surface area contributed by atoms with Crippen molar-refractivity contribution in [2.75, 3.05) is 27.2 Å². The lowest BCUT2D eigenvalue weighted by molar-refractivity contribution is 0.286. The third kappa shape index (κ3) is 4.16. The Morgan fingerprint density at radius 2 is 1.90 bits per heavy atom. The van der Waals surface area contributed by atoms with Crippen molar-refractivity contribution in [3.63, 3.8) is 0 Å². The Hall–Kier alpha value is -2.77. The molecule has 29 heavy (non-hydrogen) atoms. The molecule has 1 aliphatic rings. The van der Waals surface area contributed by atoms with Gasteiger partial charge in [0.2, 0.25) is 0 Å². The van der Waals surface area contributed by atoms with Gasteiger partial charge in [0.05, 0.1) is 17.8 Å². The molecule has 4 heterocycles. The van der Waals surface area contributed by atoms with Crippen molar-refractivity contribution in [2.45, 2.75) is 18.5 Å². The number of nitrogens with zero attached hydrogens (tertiary/aromatic N) is 5. The molecule has 1 aliphatic heterocycles. The van der Waals surface area contributed by atoms with E-state index in [1.165, 1.54) is 5.69 Å². The van der Waals surface area contributed by atoms with Crippen molar-refractivity contribution >= 4 is 17.3 Å². The van der Waals surface area contributed by atoms with E-state index in [4.69, 9.17) is 12.2 Å². The van der Waals surface area contributed by atoms with Gasteiger partial charge in [-0.05, 0) is 75.7 Å². The number of hydrogen-bond acceptors (Lipinski definition) is 4. The fraction of sp³-hybridized carbons (Fsp3) is 0.318. The van der Waals surface area contributed by atoms with Crippen LogP contribution in [0.2, 0.25) is 0 Å². The van der Waals surface area contributed by atoms with Gasteiger partial charge < -0.3 is 19.7 Å². The zero-order chi connectivity index (χ0) is 20.2. The summed E-state index contributed by atoms with van der Waals surface area (Å²) < 4.78 is 2.22. The highest BCUT2D eigenvalue weighted by Gasteiger charge is 2.40. The van der Waals surface area contributed by atoms with Crippen molar-refractivity contribution in [1.82, 2.24) is 29.7 Å². The van der Waals surface area contributed by atoms with Gasteiger partial charge >= 0.3 is 0 Å². The highest BCUT2D eigenvalue weighted by Crippen LogP contribution is 2.39. The number of hydrogen-bond donors (Lipinski definition) is 1. The molecule has 0 aromatic carbocycles. The maximum atomic E-state index is 5.76. The van der Waals surface area contributed by atoms with Crippen LogP contribution in [0.25, 0.3) is 5.69 Å². The molecule has 0 radical (unpaired) electrons. The molecule has 0 spiro atoms. The van der Waals surface area contributed by atoms with Gasteiger partial charge in [-0.2, -0.15) is 0 Å². The summed E-state index contributed by atoms with van der Waals surface area (Å²) in [6, 6.07) is 14.4. The standard InChI is InChI=1S/C22H26N6S/c1-26(2)14-6-16-28-21(20(25-22(28)29)18-7-3-4-11-24-18)19-8-5-15-27(19)17-9-12-23-13-10-17/h3-5,7-13,15,20-21H,6,14,16H2,1-2H3,(H,25,29). The maximum absolute atomic E-state index is 5.76. The van der Waals surface area contributed by atoms with E-state index in [1.807, 2.05) is 42.9 Å². The van der Waals surface area contributed by atoms with E-state index in [0.717, 1.165) is 36.0 Å². The maximum Gasteiger partial charge on any atom is 0.170 e. The summed E-state index contributed by atoms with van der Waals surface area (Å²) in [6.07, 6.45) is 8.62. The topological polar surface area (TPSA) is 49.2 Å². The van der Waals surface area contributed by atoms with E-state index >= 15 is 0 Å². The average Bonchev–Trinajstić information content (AvgIpc) is 3.34. The second kappa shape index (κ2) is 8.71. The largest absolute Gasteiger partial charge is 0.352 e. The molecule has 3 aromatic heterocycles. The molecule has 1 saturated heterocycles. The summed E-state index contributed by atoms with van der Waals surface area (Å²) in [7, 11) is 4.20. The van der Waals surface area contributed by atoms with Gasteiger partial charge in [-0.3, -0.25) is 9.97 Å². The molecule has 0 bridgehead atoms. The molecular weight excluding hydrogens is 380 g/mol. The zero-order valence-electron chi connectivity index (χ0n) is 16.8. The molecule has 2 atom stereocenters. The molecule has 0 amide bonds. The van der Waals surface area contributed by atoms with Gasteiger partial charge in [0, 0.05) is 42.7 Å². The van der Waals surface area contributed by atoms with Crippen molar-refractivity contribution in [3.05, 3.63) is 78.6 Å². The normalized spacial score (nSPS) is 19.0. The third-order valence-electron chi connectivity index (χ3n) is 5.23. The summed E-state index contributed by atoms with van der Waals surface area (Å²) in [6.45, 7) is 1.91. The van der Waals surface area contributed by atoms with Gasteiger partial charge in [0.25, 0.3) is 0 Å². The van der Waals surface area contributed by atoms with E-state index in [2.05, 4.69) is 68.1 Å². The average molecular weight is 407 g/mol. The van der Waals surface area contributed by atoms with E-state index in [-0.39, 0.29) is 12.1 Å². The quantitative estimate of drug-likeness (QED) is 0.608. The number of aromatic nitrogens is 3. The molecule has 6 nitrogen and oxygen atoms in total. The Morgan fingerprint density at radius 3 is 2.62 bits per heavy atom. The fourth-order valence-electron chi connectivity index (χ4n) is 3.90. The first-order valence-corrected chi connectivity index (χ1v) is 10.3. The summed E-state index contributed by atoms with van der Waals surface area (Å²) in [4.78, 5) is 13.3. The molecule has 4 rings (SSSR count). The molecule has 1 fully saturated rings. The number of rotatable bonds is 7. The van der Waals surface area contributed by atoms with Crippen LogP contribution in [-0.4, -0.2) is 56.6 Å². The second-order valence-corrected chi connectivity index (χ2v) is 7.87. The van der Waals surface area contributed by atoms with Crippen molar-refractivity contribution in [1.29, 1.82) is 0 Å². The highest BCUT2D eigenvalue weighted by atomic mass is 32.1. The Morgan fingerprint density at radius 1 is 1.07 bits per heavy atom. The van der Waals surface area contributed by atoms with Crippen LogP contribution in [0, 0.1) is 0 Å². The highest BCUT2D eigenvalue weighted by molar-refractivity contribution is 7.80. The lowest BCUT2D eigenvalue weighted by Crippen LogP contribution is -2.32. The molecule has 0 saturated carbocycles. The van der Waals surface area contributed by atoms with E-state index < -0.39 is 0 Å². The van der Waals surface area contributed by atoms with Gasteiger partial charge in [0.15, 0.2) is 5.11 Å². The molecule has 0 aliphatic carbocycles. The minimum atomic E-state index is -0.00135. The van der Waals surface area contributed by atoms with Crippen LogP contribution < -0.4 is 5.32 Å². The van der Waals surface area contributed by atoms with Crippen LogP contribution in [0.3, 0.4) is 0 Å². The predicted octanol–water partition coefficient (Wildman–Crippen LogP) is 3.19. The number of pyridine rings is 2. The van der Waals surface area contributed by atoms with Crippen LogP contribution in [0.4, 0.5) is 0 Å². The minimum absolute atomic E-state index is 0.00135. The fourth-order valence-corrected chi connectivity index (χ4v) is 4.23. The predicted molar refractivity (Wildman–Crippen MR) is 119 cm³/mol. The first-order chi connectivity index (χ1) is 14.1. The van der Waals surface area contributed by atoms with Gasteiger partial charge in [-0.1, -0.05) is 6.07 Å². The molecule has 150 valence electrons. The Balaban J connectivity index is 1.72. The van der Waals surface area contributed by atoms with Crippen LogP contribution in [0.1, 0.15) is 29.9 Å². The molecular formula is C22H26N6S. The first-order valence-electron chi connectivity index (χ1n) is 9.85. The lowest BCUT2D eigenvalue weighted by Gasteiger charge is -2.29. The van der Waals surface area contributed by atoms with E-state index in [9.17, 15) is 0 Å². The van der Waals surface area contributed by atoms with Crippen LogP contribution in [0.15, 0.2) is 67.3 Å². The summed E-state index contributed by atoms with van der Waals surface area (Å²) in [5.74, 6) is 0. The number of nitrogens with one attached hydrogen (secondary N) is 1. The van der Waals surface area contributed by atoms with Crippen LogP contribution in [0.5, 0.6) is 0 Å². The molecule has 3 aromatic rings. The van der Waals surface area contributed by atoms with Crippen molar-refractivity contribution in [3.8, 4) is 5.69 Å². The Kier molecular flexibility index (Phi) is 5.87. The first kappa shape index (κ1) is 19.5. The van der Waals surface area contributed by atoms with Crippen molar-refractivity contribution < 1.29 is 0 Å².